The summed E-state index contributed by atoms with van der Waals surface area (Å²) in [6.07, 6.45) is 3.07. The van der Waals surface area contributed by atoms with Gasteiger partial charge < -0.3 is 14.7 Å². The molecule has 0 bridgehead atoms. The molecule has 0 amide bonds. The lowest BCUT2D eigenvalue weighted by molar-refractivity contribution is -0.134. The number of phenols is 1. The van der Waals surface area contributed by atoms with Gasteiger partial charge in [0.05, 0.1) is 7.11 Å². The highest BCUT2D eigenvalue weighted by Crippen LogP contribution is 2.21. The molecule has 0 unspecified atom stereocenters. The summed E-state index contributed by atoms with van der Waals surface area (Å²) in [5.41, 5.74) is 1.76. The van der Waals surface area contributed by atoms with Crippen molar-refractivity contribution in [2.75, 3.05) is 40.3 Å². The quantitative estimate of drug-likeness (QED) is 0.669. The van der Waals surface area contributed by atoms with E-state index in [4.69, 9.17) is 0 Å². The van der Waals surface area contributed by atoms with Gasteiger partial charge in [0, 0.05) is 44.4 Å². The predicted molar refractivity (Wildman–Crippen MR) is 81.9 cm³/mol. The smallest absolute Gasteiger partial charge is 0.330 e. The zero-order valence-corrected chi connectivity index (χ0v) is 12.6. The van der Waals surface area contributed by atoms with E-state index in [0.29, 0.717) is 5.75 Å². The summed E-state index contributed by atoms with van der Waals surface area (Å²) in [6, 6.07) is 5.36. The Morgan fingerprint density at radius 2 is 2.05 bits per heavy atom. The number of hydrogen-bond donors (Lipinski definition) is 1. The molecule has 1 aromatic carbocycles. The van der Waals surface area contributed by atoms with E-state index in [0.717, 1.165) is 43.9 Å². The molecule has 1 aliphatic heterocycles. The first kappa shape index (κ1) is 15.5. The molecule has 1 fully saturated rings. The topological polar surface area (TPSA) is 53.0 Å². The Labute approximate surface area is 125 Å². The fourth-order valence-electron chi connectivity index (χ4n) is 2.31. The van der Waals surface area contributed by atoms with E-state index in [2.05, 4.69) is 21.6 Å². The van der Waals surface area contributed by atoms with Gasteiger partial charge in [-0.25, -0.2) is 4.79 Å². The van der Waals surface area contributed by atoms with Gasteiger partial charge in [0.25, 0.3) is 0 Å². The van der Waals surface area contributed by atoms with Gasteiger partial charge in [-0.2, -0.15) is 0 Å². The number of benzene rings is 1. The van der Waals surface area contributed by atoms with Crippen molar-refractivity contribution >= 4 is 12.0 Å². The van der Waals surface area contributed by atoms with Gasteiger partial charge in [-0.3, -0.25) is 4.90 Å². The molecule has 1 saturated heterocycles. The number of ether oxygens (including phenoxy) is 1. The Hall–Kier alpha value is -1.85. The largest absolute Gasteiger partial charge is 0.508 e. The van der Waals surface area contributed by atoms with Crippen LogP contribution < -0.4 is 0 Å². The highest BCUT2D eigenvalue weighted by Gasteiger charge is 2.15. The molecule has 21 heavy (non-hydrogen) atoms. The SMILES string of the molecule is COC(=O)C=Cc1ccc(O)c(CN2CCN(C)CC2)c1. The molecule has 0 aliphatic carbocycles. The van der Waals surface area contributed by atoms with Crippen LogP contribution in [0.2, 0.25) is 0 Å². The summed E-state index contributed by atoms with van der Waals surface area (Å²) >= 11 is 0. The lowest BCUT2D eigenvalue weighted by Gasteiger charge is -2.32. The summed E-state index contributed by atoms with van der Waals surface area (Å²) in [7, 11) is 3.47. The highest BCUT2D eigenvalue weighted by molar-refractivity contribution is 5.86. The zero-order valence-electron chi connectivity index (χ0n) is 12.6. The van der Waals surface area contributed by atoms with Crippen molar-refractivity contribution in [1.82, 2.24) is 9.80 Å². The fraction of sp³-hybridized carbons (Fsp3) is 0.438. The number of methoxy groups -OCH3 is 1. The molecule has 1 aliphatic rings. The molecule has 0 aromatic heterocycles. The van der Waals surface area contributed by atoms with Gasteiger partial charge in [0.1, 0.15) is 5.75 Å². The second kappa shape index (κ2) is 7.24. The van der Waals surface area contributed by atoms with Crippen LogP contribution in [0.15, 0.2) is 24.3 Å². The predicted octanol–water partition coefficient (Wildman–Crippen LogP) is 1.33. The summed E-state index contributed by atoms with van der Waals surface area (Å²) in [4.78, 5) is 15.7. The average Bonchev–Trinajstić information content (AvgIpc) is 2.50. The van der Waals surface area contributed by atoms with Crippen molar-refractivity contribution in [2.24, 2.45) is 0 Å². The number of hydrogen-bond acceptors (Lipinski definition) is 5. The minimum absolute atomic E-state index is 0.296. The van der Waals surface area contributed by atoms with E-state index in [1.807, 2.05) is 6.07 Å². The Morgan fingerprint density at radius 3 is 2.71 bits per heavy atom. The van der Waals surface area contributed by atoms with Crippen LogP contribution in [0.5, 0.6) is 5.75 Å². The van der Waals surface area contributed by atoms with Crippen molar-refractivity contribution in [1.29, 1.82) is 0 Å². The number of esters is 1. The average molecular weight is 290 g/mol. The summed E-state index contributed by atoms with van der Waals surface area (Å²) in [5.74, 6) is -0.0900. The van der Waals surface area contributed by atoms with Crippen LogP contribution in [0, 0.1) is 0 Å². The first-order valence-corrected chi connectivity index (χ1v) is 7.07. The van der Waals surface area contributed by atoms with Crippen molar-refractivity contribution in [2.45, 2.75) is 6.54 Å². The molecule has 1 aromatic rings. The molecule has 0 radical (unpaired) electrons. The zero-order chi connectivity index (χ0) is 15.2. The van der Waals surface area contributed by atoms with Crippen LogP contribution in [0.4, 0.5) is 0 Å². The van der Waals surface area contributed by atoms with E-state index < -0.39 is 0 Å². The van der Waals surface area contributed by atoms with E-state index in [1.54, 1.807) is 18.2 Å². The fourth-order valence-corrected chi connectivity index (χ4v) is 2.31. The van der Waals surface area contributed by atoms with Crippen molar-refractivity contribution in [3.8, 4) is 5.75 Å². The molecular formula is C16H22N2O3. The lowest BCUT2D eigenvalue weighted by Crippen LogP contribution is -2.43. The number of likely N-dealkylation sites (N-methyl/N-ethyl adjacent to an activating group) is 1. The third-order valence-corrected chi connectivity index (χ3v) is 3.71. The van der Waals surface area contributed by atoms with Crippen LogP contribution in [-0.2, 0) is 16.1 Å². The van der Waals surface area contributed by atoms with E-state index in [1.165, 1.54) is 13.2 Å². The maximum Gasteiger partial charge on any atom is 0.330 e. The molecule has 1 N–H and O–H groups in total. The molecule has 0 atom stereocenters. The van der Waals surface area contributed by atoms with E-state index in [-0.39, 0.29) is 5.97 Å². The van der Waals surface area contributed by atoms with Gasteiger partial charge in [0.2, 0.25) is 0 Å². The van der Waals surface area contributed by atoms with Gasteiger partial charge in [-0.1, -0.05) is 6.07 Å². The second-order valence-electron chi connectivity index (χ2n) is 5.32. The van der Waals surface area contributed by atoms with E-state index >= 15 is 0 Å². The molecular weight excluding hydrogens is 268 g/mol. The maximum absolute atomic E-state index is 11.1. The van der Waals surface area contributed by atoms with Crippen LogP contribution in [0.25, 0.3) is 6.08 Å². The highest BCUT2D eigenvalue weighted by atomic mass is 16.5. The van der Waals surface area contributed by atoms with Crippen LogP contribution in [0.3, 0.4) is 0 Å². The molecule has 2 rings (SSSR count). The van der Waals surface area contributed by atoms with Gasteiger partial charge in [-0.05, 0) is 30.8 Å². The molecule has 5 heteroatoms. The van der Waals surface area contributed by atoms with Crippen LogP contribution in [0.1, 0.15) is 11.1 Å². The maximum atomic E-state index is 11.1. The Balaban J connectivity index is 2.05. The van der Waals surface area contributed by atoms with Crippen molar-refractivity contribution < 1.29 is 14.6 Å². The van der Waals surface area contributed by atoms with Gasteiger partial charge in [0.15, 0.2) is 0 Å². The lowest BCUT2D eigenvalue weighted by atomic mass is 10.1. The molecule has 0 saturated carbocycles. The third kappa shape index (κ3) is 4.58. The van der Waals surface area contributed by atoms with Gasteiger partial charge >= 0.3 is 5.97 Å². The number of carbonyl (C=O) groups is 1. The first-order chi connectivity index (χ1) is 10.1. The third-order valence-electron chi connectivity index (χ3n) is 3.71. The number of nitrogens with zero attached hydrogens (tertiary/aromatic N) is 2. The Bertz CT molecular complexity index is 520. The minimum atomic E-state index is -0.385. The normalized spacial score (nSPS) is 17.2. The minimum Gasteiger partial charge on any atom is -0.508 e. The van der Waals surface area contributed by atoms with Crippen molar-refractivity contribution in [3.05, 3.63) is 35.4 Å². The number of piperazine rings is 1. The molecule has 114 valence electrons. The molecule has 0 spiro atoms. The first-order valence-electron chi connectivity index (χ1n) is 7.07. The number of rotatable bonds is 4. The number of phenolic OH excluding ortho intramolecular Hbond substituents is 1. The van der Waals surface area contributed by atoms with E-state index in [9.17, 15) is 9.90 Å². The monoisotopic (exact) mass is 290 g/mol. The summed E-state index contributed by atoms with van der Waals surface area (Å²) < 4.78 is 4.57. The van der Waals surface area contributed by atoms with Crippen LogP contribution in [-0.4, -0.2) is 61.2 Å². The van der Waals surface area contributed by atoms with Gasteiger partial charge in [-0.15, -0.1) is 0 Å². The van der Waals surface area contributed by atoms with Crippen molar-refractivity contribution in [3.63, 3.8) is 0 Å². The summed E-state index contributed by atoms with van der Waals surface area (Å²) in [5, 5.41) is 9.99. The molecule has 1 heterocycles. The number of aromatic hydroxyl groups is 1. The standard InChI is InChI=1S/C16H22N2O3/c1-17-7-9-18(10-8-17)12-14-11-13(3-5-15(14)19)4-6-16(20)21-2/h3-6,11,19H,7-10,12H2,1-2H3. The Morgan fingerprint density at radius 1 is 1.33 bits per heavy atom. The number of carbonyl (C=O) groups excluding carboxylic acids is 1. The van der Waals surface area contributed by atoms with Crippen LogP contribution >= 0.6 is 0 Å². The second-order valence-corrected chi connectivity index (χ2v) is 5.32. The summed E-state index contributed by atoms with van der Waals surface area (Å²) in [6.45, 7) is 4.81. The Kier molecular flexibility index (Phi) is 5.36. The molecule has 5 nitrogen and oxygen atoms in total.